The Hall–Kier alpha value is -3.35. The van der Waals surface area contributed by atoms with E-state index >= 15 is 0 Å². The topological polar surface area (TPSA) is 58.1 Å². The van der Waals surface area contributed by atoms with Gasteiger partial charge in [0.2, 0.25) is 0 Å². The Labute approximate surface area is 201 Å². The van der Waals surface area contributed by atoms with Gasteiger partial charge in [-0.25, -0.2) is 4.99 Å². The predicted octanol–water partition coefficient (Wildman–Crippen LogP) is 6.01. The van der Waals surface area contributed by atoms with E-state index in [9.17, 15) is 0 Å². The van der Waals surface area contributed by atoms with Gasteiger partial charge in [-0.15, -0.1) is 0 Å². The Balaban J connectivity index is 1.36. The van der Waals surface area contributed by atoms with Crippen LogP contribution in [0.5, 0.6) is 11.5 Å². The lowest BCUT2D eigenvalue weighted by atomic mass is 10.00. The van der Waals surface area contributed by atoms with Crippen LogP contribution in [0.15, 0.2) is 71.7 Å². The molecule has 0 aliphatic carbocycles. The largest absolute Gasteiger partial charge is 0.486 e. The van der Waals surface area contributed by atoms with Crippen molar-refractivity contribution in [2.75, 3.05) is 30.5 Å². The molecule has 6 nitrogen and oxygen atoms in total. The Morgan fingerprint density at radius 2 is 1.73 bits per heavy atom. The number of anilines is 2. The van der Waals surface area contributed by atoms with Crippen LogP contribution in [0.25, 0.3) is 5.70 Å². The Morgan fingerprint density at radius 3 is 2.58 bits per heavy atom. The number of amidine groups is 1. The summed E-state index contributed by atoms with van der Waals surface area (Å²) in [5.41, 5.74) is 4.87. The van der Waals surface area contributed by atoms with Gasteiger partial charge in [-0.3, -0.25) is 0 Å². The van der Waals surface area contributed by atoms with Gasteiger partial charge in [0.1, 0.15) is 31.9 Å². The van der Waals surface area contributed by atoms with Gasteiger partial charge in [0.05, 0.1) is 5.70 Å². The SMILES string of the molecule is Clc1cccc(Cl)c1C1Nc2ccccc2C2=CC(Nc3ccc4c(c3)OCCO4)=NCN21. The van der Waals surface area contributed by atoms with Gasteiger partial charge in [-0.05, 0) is 30.3 Å². The second-order valence-corrected chi connectivity index (χ2v) is 8.71. The first-order valence-electron chi connectivity index (χ1n) is 10.7. The summed E-state index contributed by atoms with van der Waals surface area (Å²) in [5, 5.41) is 8.23. The number of para-hydroxylation sites is 1. The molecule has 0 saturated heterocycles. The van der Waals surface area contributed by atoms with E-state index in [-0.39, 0.29) is 6.17 Å². The molecule has 0 saturated carbocycles. The van der Waals surface area contributed by atoms with Crippen molar-refractivity contribution >= 4 is 46.1 Å². The van der Waals surface area contributed by atoms with E-state index in [0.29, 0.717) is 29.9 Å². The van der Waals surface area contributed by atoms with Gasteiger partial charge in [0, 0.05) is 44.7 Å². The number of halogens is 2. The average molecular weight is 479 g/mol. The fraction of sp³-hybridized carbons (Fsp3) is 0.160. The minimum atomic E-state index is -0.244. The first kappa shape index (κ1) is 20.3. The maximum atomic E-state index is 6.57. The first-order chi connectivity index (χ1) is 16.2. The molecule has 0 fully saturated rings. The maximum Gasteiger partial charge on any atom is 0.163 e. The highest BCUT2D eigenvalue weighted by Gasteiger charge is 2.34. The summed E-state index contributed by atoms with van der Waals surface area (Å²) in [5.74, 6) is 2.25. The van der Waals surface area contributed by atoms with Crippen LogP contribution in [0.2, 0.25) is 10.0 Å². The molecule has 3 aliphatic heterocycles. The molecule has 33 heavy (non-hydrogen) atoms. The molecule has 0 bridgehead atoms. The van der Waals surface area contributed by atoms with E-state index in [2.05, 4.69) is 33.7 Å². The molecular formula is C25H20Cl2N4O2. The predicted molar refractivity (Wildman–Crippen MR) is 132 cm³/mol. The van der Waals surface area contributed by atoms with E-state index in [1.807, 2.05) is 48.5 Å². The fourth-order valence-electron chi connectivity index (χ4n) is 4.34. The number of fused-ring (bicyclic) bond motifs is 4. The summed E-state index contributed by atoms with van der Waals surface area (Å²) in [7, 11) is 0. The molecule has 0 aromatic heterocycles. The minimum Gasteiger partial charge on any atom is -0.486 e. The van der Waals surface area contributed by atoms with E-state index in [1.54, 1.807) is 0 Å². The number of aliphatic imine (C=N–C) groups is 1. The Morgan fingerprint density at radius 1 is 0.939 bits per heavy atom. The van der Waals surface area contributed by atoms with E-state index in [4.69, 9.17) is 37.7 Å². The van der Waals surface area contributed by atoms with Gasteiger partial charge in [-0.2, -0.15) is 0 Å². The van der Waals surface area contributed by atoms with Crippen LogP contribution in [0, 0.1) is 0 Å². The summed E-state index contributed by atoms with van der Waals surface area (Å²) >= 11 is 13.1. The molecule has 3 aromatic rings. The number of benzene rings is 3. The minimum absolute atomic E-state index is 0.244. The molecule has 1 atom stereocenters. The molecule has 0 spiro atoms. The van der Waals surface area contributed by atoms with Crippen LogP contribution in [0.1, 0.15) is 17.3 Å². The summed E-state index contributed by atoms with van der Waals surface area (Å²) in [6.45, 7) is 1.55. The number of hydrogen-bond donors (Lipinski definition) is 2. The molecule has 0 radical (unpaired) electrons. The van der Waals surface area contributed by atoms with Crippen LogP contribution < -0.4 is 20.1 Å². The normalized spacial score (nSPS) is 18.4. The lowest BCUT2D eigenvalue weighted by molar-refractivity contribution is 0.171. The summed E-state index contributed by atoms with van der Waals surface area (Å²) in [4.78, 5) is 6.96. The monoisotopic (exact) mass is 478 g/mol. The second-order valence-electron chi connectivity index (χ2n) is 7.90. The van der Waals surface area contributed by atoms with Gasteiger partial charge in [-0.1, -0.05) is 47.5 Å². The van der Waals surface area contributed by atoms with E-state index < -0.39 is 0 Å². The number of nitrogens with zero attached hydrogens (tertiary/aromatic N) is 2. The smallest absolute Gasteiger partial charge is 0.163 e. The average Bonchev–Trinajstić information content (AvgIpc) is 2.84. The van der Waals surface area contributed by atoms with Crippen molar-refractivity contribution in [3.8, 4) is 11.5 Å². The van der Waals surface area contributed by atoms with Crippen molar-refractivity contribution in [2.24, 2.45) is 4.99 Å². The van der Waals surface area contributed by atoms with Crippen LogP contribution in [-0.2, 0) is 0 Å². The van der Waals surface area contributed by atoms with Gasteiger partial charge in [0.25, 0.3) is 0 Å². The van der Waals surface area contributed by atoms with E-state index in [1.165, 1.54) is 0 Å². The van der Waals surface area contributed by atoms with Gasteiger partial charge in [0.15, 0.2) is 11.5 Å². The number of hydrogen-bond acceptors (Lipinski definition) is 6. The molecular weight excluding hydrogens is 459 g/mol. The third kappa shape index (κ3) is 3.65. The van der Waals surface area contributed by atoms with Crippen LogP contribution in [0.3, 0.4) is 0 Å². The highest BCUT2D eigenvalue weighted by atomic mass is 35.5. The molecule has 3 heterocycles. The van der Waals surface area contributed by atoms with E-state index in [0.717, 1.165) is 45.5 Å². The summed E-state index contributed by atoms with van der Waals surface area (Å²) < 4.78 is 11.3. The highest BCUT2D eigenvalue weighted by molar-refractivity contribution is 6.36. The lowest BCUT2D eigenvalue weighted by Crippen LogP contribution is -2.39. The summed E-state index contributed by atoms with van der Waals surface area (Å²) in [6.07, 6.45) is 1.81. The van der Waals surface area contributed by atoms with Crippen LogP contribution in [-0.4, -0.2) is 30.6 Å². The van der Waals surface area contributed by atoms with Crippen LogP contribution >= 0.6 is 23.2 Å². The number of nitrogens with one attached hydrogen (secondary N) is 2. The standard InChI is InChI=1S/C25H20Cl2N4O2/c26-17-5-3-6-18(27)24(17)25-30-19-7-2-1-4-16(19)20-13-23(28-14-31(20)25)29-15-8-9-21-22(12-15)33-11-10-32-21/h1-9,12-13,25,30H,10-11,14H2,(H,28,29). The molecule has 6 rings (SSSR count). The van der Waals surface area contributed by atoms with Crippen molar-refractivity contribution in [1.29, 1.82) is 0 Å². The Bertz CT molecular complexity index is 1290. The number of ether oxygens (including phenoxy) is 2. The molecule has 0 amide bonds. The Kier molecular flexibility index (Phi) is 5.04. The van der Waals surface area contributed by atoms with Gasteiger partial charge < -0.3 is 25.0 Å². The zero-order valence-electron chi connectivity index (χ0n) is 17.5. The van der Waals surface area contributed by atoms with Crippen molar-refractivity contribution < 1.29 is 9.47 Å². The first-order valence-corrected chi connectivity index (χ1v) is 11.4. The van der Waals surface area contributed by atoms with Gasteiger partial charge >= 0.3 is 0 Å². The van der Waals surface area contributed by atoms with Crippen molar-refractivity contribution in [2.45, 2.75) is 6.17 Å². The lowest BCUT2D eigenvalue weighted by Gasteiger charge is -2.42. The molecule has 166 valence electrons. The zero-order valence-corrected chi connectivity index (χ0v) is 19.0. The maximum absolute atomic E-state index is 6.57. The van der Waals surface area contributed by atoms with Crippen molar-refractivity contribution in [1.82, 2.24) is 4.90 Å². The molecule has 8 heteroatoms. The third-order valence-corrected chi connectivity index (χ3v) is 6.53. The van der Waals surface area contributed by atoms with Crippen molar-refractivity contribution in [3.63, 3.8) is 0 Å². The molecule has 2 N–H and O–H groups in total. The van der Waals surface area contributed by atoms with Crippen molar-refractivity contribution in [3.05, 3.63) is 87.9 Å². The molecule has 3 aliphatic rings. The third-order valence-electron chi connectivity index (χ3n) is 5.87. The quantitative estimate of drug-likeness (QED) is 0.471. The van der Waals surface area contributed by atoms with Crippen LogP contribution in [0.4, 0.5) is 11.4 Å². The molecule has 3 aromatic carbocycles. The molecule has 1 unspecified atom stereocenters. The number of rotatable bonds is 2. The zero-order chi connectivity index (χ0) is 22.4. The second kappa shape index (κ2) is 8.21. The fourth-order valence-corrected chi connectivity index (χ4v) is 4.95. The highest BCUT2D eigenvalue weighted by Crippen LogP contribution is 2.44. The summed E-state index contributed by atoms with van der Waals surface area (Å²) in [6, 6.07) is 19.6.